The lowest BCUT2D eigenvalue weighted by atomic mass is 10.2. The SMILES string of the molecule is COc1ccc(C(=O)NCCC(=O)Oc2ccc([N+](=O)[O-])cc2)cc1. The van der Waals surface area contributed by atoms with E-state index in [1.165, 1.54) is 31.4 Å². The summed E-state index contributed by atoms with van der Waals surface area (Å²) < 4.78 is 10.0. The first kappa shape index (κ1) is 17.9. The van der Waals surface area contributed by atoms with Gasteiger partial charge in [0.05, 0.1) is 18.5 Å². The van der Waals surface area contributed by atoms with Crippen LogP contribution in [0, 0.1) is 10.1 Å². The van der Waals surface area contributed by atoms with E-state index in [1.54, 1.807) is 24.3 Å². The first-order chi connectivity index (χ1) is 12.0. The highest BCUT2D eigenvalue weighted by Gasteiger charge is 2.10. The average Bonchev–Trinajstić information content (AvgIpc) is 2.62. The number of non-ortho nitro benzene ring substituents is 1. The van der Waals surface area contributed by atoms with Crippen LogP contribution in [-0.2, 0) is 4.79 Å². The second-order valence-electron chi connectivity index (χ2n) is 4.96. The van der Waals surface area contributed by atoms with Crippen LogP contribution in [0.15, 0.2) is 48.5 Å². The van der Waals surface area contributed by atoms with Gasteiger partial charge in [-0.3, -0.25) is 19.7 Å². The number of nitro groups is 1. The molecule has 2 rings (SSSR count). The molecule has 0 unspecified atom stereocenters. The molecule has 1 amide bonds. The Morgan fingerprint density at radius 3 is 2.20 bits per heavy atom. The Hall–Kier alpha value is -3.42. The van der Waals surface area contributed by atoms with Crippen molar-refractivity contribution in [2.75, 3.05) is 13.7 Å². The smallest absolute Gasteiger partial charge is 0.312 e. The van der Waals surface area contributed by atoms with Crippen molar-refractivity contribution in [1.29, 1.82) is 0 Å². The van der Waals surface area contributed by atoms with Gasteiger partial charge in [0.2, 0.25) is 0 Å². The Labute approximate surface area is 143 Å². The van der Waals surface area contributed by atoms with Crippen molar-refractivity contribution >= 4 is 17.6 Å². The summed E-state index contributed by atoms with van der Waals surface area (Å²) in [6.45, 7) is 0.108. The molecule has 0 aliphatic carbocycles. The van der Waals surface area contributed by atoms with Crippen LogP contribution in [0.5, 0.6) is 11.5 Å². The van der Waals surface area contributed by atoms with E-state index in [1.807, 2.05) is 0 Å². The Balaban J connectivity index is 1.77. The molecular weight excluding hydrogens is 328 g/mol. The molecule has 130 valence electrons. The molecular formula is C17H16N2O6. The van der Waals surface area contributed by atoms with Gasteiger partial charge in [0, 0.05) is 24.2 Å². The van der Waals surface area contributed by atoms with E-state index >= 15 is 0 Å². The lowest BCUT2D eigenvalue weighted by molar-refractivity contribution is -0.384. The Morgan fingerprint density at radius 1 is 1.04 bits per heavy atom. The van der Waals surface area contributed by atoms with Crippen molar-refractivity contribution < 1.29 is 24.0 Å². The molecule has 0 aromatic heterocycles. The Bertz CT molecular complexity index is 756. The maximum absolute atomic E-state index is 11.9. The van der Waals surface area contributed by atoms with E-state index in [0.29, 0.717) is 11.3 Å². The van der Waals surface area contributed by atoms with Crippen LogP contribution in [0.1, 0.15) is 16.8 Å². The van der Waals surface area contributed by atoms with Crippen molar-refractivity contribution in [3.05, 3.63) is 64.2 Å². The van der Waals surface area contributed by atoms with Crippen LogP contribution in [0.25, 0.3) is 0 Å². The van der Waals surface area contributed by atoms with Gasteiger partial charge in [-0.05, 0) is 36.4 Å². The summed E-state index contributed by atoms with van der Waals surface area (Å²) in [5.74, 6) is -0.0185. The van der Waals surface area contributed by atoms with Crippen LogP contribution >= 0.6 is 0 Å². The minimum atomic E-state index is -0.552. The summed E-state index contributed by atoms with van der Waals surface area (Å²) in [6, 6.07) is 11.7. The summed E-state index contributed by atoms with van der Waals surface area (Å²) in [7, 11) is 1.53. The molecule has 0 aliphatic rings. The highest BCUT2D eigenvalue weighted by Crippen LogP contribution is 2.17. The van der Waals surface area contributed by atoms with Crippen LogP contribution in [0.3, 0.4) is 0 Å². The van der Waals surface area contributed by atoms with E-state index in [2.05, 4.69) is 5.32 Å². The number of hydrogen-bond donors (Lipinski definition) is 1. The second-order valence-corrected chi connectivity index (χ2v) is 4.96. The second kappa shape index (κ2) is 8.44. The fraction of sp³-hybridized carbons (Fsp3) is 0.176. The largest absolute Gasteiger partial charge is 0.497 e. The van der Waals surface area contributed by atoms with Crippen LogP contribution in [-0.4, -0.2) is 30.5 Å². The normalized spacial score (nSPS) is 9.96. The van der Waals surface area contributed by atoms with E-state index in [4.69, 9.17) is 9.47 Å². The summed E-state index contributed by atoms with van der Waals surface area (Å²) in [5, 5.41) is 13.2. The molecule has 1 N–H and O–H groups in total. The summed E-state index contributed by atoms with van der Waals surface area (Å²) >= 11 is 0. The van der Waals surface area contributed by atoms with Gasteiger partial charge in [-0.2, -0.15) is 0 Å². The average molecular weight is 344 g/mol. The minimum Gasteiger partial charge on any atom is -0.497 e. The van der Waals surface area contributed by atoms with Gasteiger partial charge in [0.25, 0.3) is 11.6 Å². The topological polar surface area (TPSA) is 108 Å². The fourth-order valence-electron chi connectivity index (χ4n) is 1.94. The number of amides is 1. The number of hydrogen-bond acceptors (Lipinski definition) is 6. The summed E-state index contributed by atoms with van der Waals surface area (Å²) in [4.78, 5) is 33.6. The molecule has 0 fully saturated rings. The summed E-state index contributed by atoms with van der Waals surface area (Å²) in [5.41, 5.74) is 0.357. The van der Waals surface area contributed by atoms with Crippen molar-refractivity contribution in [2.45, 2.75) is 6.42 Å². The maximum atomic E-state index is 11.9. The van der Waals surface area contributed by atoms with Gasteiger partial charge in [-0.25, -0.2) is 0 Å². The quantitative estimate of drug-likeness (QED) is 0.357. The predicted molar refractivity (Wildman–Crippen MR) is 88.7 cm³/mol. The van der Waals surface area contributed by atoms with Crippen LogP contribution in [0.4, 0.5) is 5.69 Å². The van der Waals surface area contributed by atoms with E-state index < -0.39 is 10.9 Å². The number of methoxy groups -OCH3 is 1. The fourth-order valence-corrected chi connectivity index (χ4v) is 1.94. The number of nitrogens with zero attached hydrogens (tertiary/aromatic N) is 1. The number of carbonyl (C=O) groups excluding carboxylic acids is 2. The van der Waals surface area contributed by atoms with Crippen LogP contribution in [0.2, 0.25) is 0 Å². The zero-order valence-corrected chi connectivity index (χ0v) is 13.4. The number of esters is 1. The third kappa shape index (κ3) is 5.31. The van der Waals surface area contributed by atoms with Gasteiger partial charge < -0.3 is 14.8 Å². The lowest BCUT2D eigenvalue weighted by Crippen LogP contribution is -2.27. The number of nitro benzene ring substituents is 1. The van der Waals surface area contributed by atoms with Crippen molar-refractivity contribution in [2.24, 2.45) is 0 Å². The van der Waals surface area contributed by atoms with Crippen LogP contribution < -0.4 is 14.8 Å². The van der Waals surface area contributed by atoms with Gasteiger partial charge >= 0.3 is 5.97 Å². The molecule has 0 saturated heterocycles. The van der Waals surface area contributed by atoms with E-state index in [0.717, 1.165) is 0 Å². The van der Waals surface area contributed by atoms with Crippen molar-refractivity contribution in [3.63, 3.8) is 0 Å². The molecule has 25 heavy (non-hydrogen) atoms. The third-order valence-electron chi connectivity index (χ3n) is 3.25. The first-order valence-electron chi connectivity index (χ1n) is 7.37. The number of carbonyl (C=O) groups is 2. The van der Waals surface area contributed by atoms with E-state index in [-0.39, 0.29) is 30.3 Å². The Kier molecular flexibility index (Phi) is 6.05. The third-order valence-corrected chi connectivity index (χ3v) is 3.25. The molecule has 8 nitrogen and oxygen atoms in total. The zero-order valence-electron chi connectivity index (χ0n) is 13.4. The van der Waals surface area contributed by atoms with E-state index in [9.17, 15) is 19.7 Å². The Morgan fingerprint density at radius 2 is 1.64 bits per heavy atom. The highest BCUT2D eigenvalue weighted by atomic mass is 16.6. The standard InChI is InChI=1S/C17H16N2O6/c1-24-14-6-2-12(3-7-14)17(21)18-11-10-16(20)25-15-8-4-13(5-9-15)19(22)23/h2-9H,10-11H2,1H3,(H,18,21). The first-order valence-corrected chi connectivity index (χ1v) is 7.37. The molecule has 0 spiro atoms. The summed E-state index contributed by atoms with van der Waals surface area (Å²) in [6.07, 6.45) is -0.0289. The maximum Gasteiger partial charge on any atom is 0.312 e. The number of nitrogens with one attached hydrogen (secondary N) is 1. The molecule has 0 bridgehead atoms. The minimum absolute atomic E-state index is 0.0289. The zero-order chi connectivity index (χ0) is 18.2. The molecule has 8 heteroatoms. The monoisotopic (exact) mass is 344 g/mol. The van der Waals surface area contributed by atoms with Gasteiger partial charge in [-0.15, -0.1) is 0 Å². The lowest BCUT2D eigenvalue weighted by Gasteiger charge is -2.07. The number of benzene rings is 2. The van der Waals surface area contributed by atoms with Crippen molar-refractivity contribution in [3.8, 4) is 11.5 Å². The van der Waals surface area contributed by atoms with Gasteiger partial charge in [0.1, 0.15) is 11.5 Å². The molecule has 0 heterocycles. The van der Waals surface area contributed by atoms with Gasteiger partial charge in [0.15, 0.2) is 0 Å². The molecule has 2 aromatic carbocycles. The number of rotatable bonds is 7. The van der Waals surface area contributed by atoms with Crippen molar-refractivity contribution in [1.82, 2.24) is 5.32 Å². The predicted octanol–water partition coefficient (Wildman–Crippen LogP) is 2.33. The number of ether oxygens (including phenoxy) is 2. The highest BCUT2D eigenvalue weighted by molar-refractivity contribution is 5.94. The molecule has 0 radical (unpaired) electrons. The molecule has 0 atom stereocenters. The van der Waals surface area contributed by atoms with Gasteiger partial charge in [-0.1, -0.05) is 0 Å². The molecule has 2 aromatic rings. The molecule has 0 aliphatic heterocycles. The molecule has 0 saturated carbocycles.